The maximum Gasteiger partial charge on any atom is 0.138 e. The van der Waals surface area contributed by atoms with E-state index in [1.165, 1.54) is 11.1 Å². The van der Waals surface area contributed by atoms with Gasteiger partial charge in [-0.05, 0) is 34.1 Å². The summed E-state index contributed by atoms with van der Waals surface area (Å²) >= 11 is 0. The number of para-hydroxylation sites is 2. The molecule has 29 heavy (non-hydrogen) atoms. The Balaban J connectivity index is 2.14. The Morgan fingerprint density at radius 2 is 1.14 bits per heavy atom. The second-order valence-electron chi connectivity index (χ2n) is 9.51. The summed E-state index contributed by atoms with van der Waals surface area (Å²) in [6, 6.07) is 27.3. The third kappa shape index (κ3) is 5.14. The lowest BCUT2D eigenvalue weighted by atomic mass is 9.85. The molecule has 3 rings (SSSR count). The standard InChI is InChI=1S/C27H32N2/c1-26(2,3)21-16-10-12-18-23(21)28-25(20-14-8-7-9-15-20)29-24-19-13-11-17-22(24)27(4,5)6/h7-19H,1-6H3,(H,28,29). The summed E-state index contributed by atoms with van der Waals surface area (Å²) in [6.07, 6.45) is 0. The van der Waals surface area contributed by atoms with E-state index in [2.05, 4.69) is 120 Å². The van der Waals surface area contributed by atoms with Crippen molar-refractivity contribution in [1.29, 1.82) is 0 Å². The Kier molecular flexibility index (Phi) is 5.93. The first-order chi connectivity index (χ1) is 13.7. The zero-order chi connectivity index (χ0) is 21.1. The second kappa shape index (κ2) is 8.24. The Morgan fingerprint density at radius 3 is 1.76 bits per heavy atom. The van der Waals surface area contributed by atoms with Gasteiger partial charge in [-0.25, -0.2) is 4.99 Å². The number of nitrogens with zero attached hydrogens (tertiary/aromatic N) is 1. The Hall–Kier alpha value is -2.87. The minimum atomic E-state index is 0.0191. The molecule has 2 nitrogen and oxygen atoms in total. The highest BCUT2D eigenvalue weighted by atomic mass is 15.0. The van der Waals surface area contributed by atoms with Crippen molar-refractivity contribution in [2.24, 2.45) is 4.99 Å². The van der Waals surface area contributed by atoms with Gasteiger partial charge in [0.05, 0.1) is 5.69 Å². The average Bonchev–Trinajstić information content (AvgIpc) is 2.67. The molecule has 0 aliphatic rings. The normalized spacial score (nSPS) is 12.7. The SMILES string of the molecule is CC(C)(C)c1ccccc1N=C(Nc1ccccc1C(C)(C)C)c1ccccc1. The summed E-state index contributed by atoms with van der Waals surface area (Å²) in [4.78, 5) is 5.12. The number of aliphatic imine (C=N–C) groups is 1. The summed E-state index contributed by atoms with van der Waals surface area (Å²) in [6.45, 7) is 13.4. The molecule has 0 unspecified atom stereocenters. The average molecular weight is 385 g/mol. The smallest absolute Gasteiger partial charge is 0.138 e. The highest BCUT2D eigenvalue weighted by Gasteiger charge is 2.20. The van der Waals surface area contributed by atoms with Crippen LogP contribution in [0.5, 0.6) is 0 Å². The van der Waals surface area contributed by atoms with Crippen LogP contribution in [0.4, 0.5) is 11.4 Å². The van der Waals surface area contributed by atoms with Crippen molar-refractivity contribution in [2.75, 3.05) is 5.32 Å². The van der Waals surface area contributed by atoms with E-state index in [1.807, 2.05) is 6.07 Å². The van der Waals surface area contributed by atoms with Crippen LogP contribution in [0, 0.1) is 0 Å². The minimum Gasteiger partial charge on any atom is -0.339 e. The molecule has 0 heterocycles. The van der Waals surface area contributed by atoms with Gasteiger partial charge < -0.3 is 5.32 Å². The highest BCUT2D eigenvalue weighted by Crippen LogP contribution is 2.33. The molecule has 3 aromatic rings. The number of amidine groups is 1. The first-order valence-corrected chi connectivity index (χ1v) is 10.3. The maximum atomic E-state index is 5.12. The zero-order valence-electron chi connectivity index (χ0n) is 18.5. The van der Waals surface area contributed by atoms with Crippen LogP contribution in [-0.4, -0.2) is 5.84 Å². The Morgan fingerprint density at radius 1 is 0.621 bits per heavy atom. The molecule has 0 aliphatic heterocycles. The van der Waals surface area contributed by atoms with Gasteiger partial charge in [0, 0.05) is 11.3 Å². The zero-order valence-corrected chi connectivity index (χ0v) is 18.5. The maximum absolute atomic E-state index is 5.12. The van der Waals surface area contributed by atoms with Gasteiger partial charge in [0.2, 0.25) is 0 Å². The monoisotopic (exact) mass is 384 g/mol. The number of rotatable bonds is 3. The van der Waals surface area contributed by atoms with Gasteiger partial charge in [-0.1, -0.05) is 108 Å². The molecule has 3 aromatic carbocycles. The fourth-order valence-corrected chi connectivity index (χ4v) is 3.46. The molecular weight excluding hydrogens is 352 g/mol. The van der Waals surface area contributed by atoms with E-state index in [0.29, 0.717) is 0 Å². The van der Waals surface area contributed by atoms with Crippen molar-refractivity contribution in [1.82, 2.24) is 0 Å². The van der Waals surface area contributed by atoms with Crippen molar-refractivity contribution in [2.45, 2.75) is 52.4 Å². The van der Waals surface area contributed by atoms with Crippen LogP contribution in [0.25, 0.3) is 0 Å². The van der Waals surface area contributed by atoms with E-state index in [1.54, 1.807) is 0 Å². The van der Waals surface area contributed by atoms with Gasteiger partial charge in [0.25, 0.3) is 0 Å². The Labute approximate surface area is 175 Å². The molecular formula is C27H32N2. The number of benzene rings is 3. The summed E-state index contributed by atoms with van der Waals surface area (Å²) in [5.74, 6) is 0.860. The number of nitrogens with one attached hydrogen (secondary N) is 1. The molecule has 0 saturated carbocycles. The molecule has 0 aliphatic carbocycles. The fraction of sp³-hybridized carbons (Fsp3) is 0.296. The molecule has 150 valence electrons. The molecule has 0 aromatic heterocycles. The third-order valence-corrected chi connectivity index (χ3v) is 4.98. The second-order valence-corrected chi connectivity index (χ2v) is 9.51. The van der Waals surface area contributed by atoms with E-state index in [9.17, 15) is 0 Å². The van der Waals surface area contributed by atoms with Crippen LogP contribution in [0.15, 0.2) is 83.9 Å². The third-order valence-electron chi connectivity index (χ3n) is 4.98. The predicted molar refractivity (Wildman–Crippen MR) is 127 cm³/mol. The van der Waals surface area contributed by atoms with Gasteiger partial charge in [0.15, 0.2) is 0 Å². The quantitative estimate of drug-likeness (QED) is 0.367. The van der Waals surface area contributed by atoms with Crippen molar-refractivity contribution in [3.05, 3.63) is 95.6 Å². The fourth-order valence-electron chi connectivity index (χ4n) is 3.46. The highest BCUT2D eigenvalue weighted by molar-refractivity contribution is 6.09. The van der Waals surface area contributed by atoms with E-state index in [4.69, 9.17) is 4.99 Å². The first kappa shape index (κ1) is 20.9. The van der Waals surface area contributed by atoms with Crippen LogP contribution in [0.2, 0.25) is 0 Å². The summed E-state index contributed by atoms with van der Waals surface area (Å²) < 4.78 is 0. The predicted octanol–water partition coefficient (Wildman–Crippen LogP) is 7.47. The summed E-state index contributed by atoms with van der Waals surface area (Å²) in [5.41, 5.74) is 5.72. The van der Waals surface area contributed by atoms with Gasteiger partial charge in [-0.15, -0.1) is 0 Å². The van der Waals surface area contributed by atoms with Crippen LogP contribution < -0.4 is 5.32 Å². The number of anilines is 1. The van der Waals surface area contributed by atoms with Crippen molar-refractivity contribution in [3.63, 3.8) is 0 Å². The van der Waals surface area contributed by atoms with Gasteiger partial charge in [-0.3, -0.25) is 0 Å². The summed E-state index contributed by atoms with van der Waals surface area (Å²) in [7, 11) is 0. The van der Waals surface area contributed by atoms with Crippen LogP contribution in [-0.2, 0) is 10.8 Å². The lowest BCUT2D eigenvalue weighted by Gasteiger charge is -2.25. The van der Waals surface area contributed by atoms with E-state index in [-0.39, 0.29) is 10.8 Å². The van der Waals surface area contributed by atoms with Crippen molar-refractivity contribution < 1.29 is 0 Å². The van der Waals surface area contributed by atoms with E-state index >= 15 is 0 Å². The molecule has 0 atom stereocenters. The van der Waals surface area contributed by atoms with E-state index in [0.717, 1.165) is 22.8 Å². The number of hydrogen-bond acceptors (Lipinski definition) is 1. The first-order valence-electron chi connectivity index (χ1n) is 10.3. The molecule has 0 radical (unpaired) electrons. The summed E-state index contributed by atoms with van der Waals surface area (Å²) in [5, 5.41) is 3.65. The molecule has 2 heteroatoms. The lowest BCUT2D eigenvalue weighted by molar-refractivity contribution is 0.591. The minimum absolute atomic E-state index is 0.0191. The van der Waals surface area contributed by atoms with Crippen molar-refractivity contribution >= 4 is 17.2 Å². The topological polar surface area (TPSA) is 24.4 Å². The van der Waals surface area contributed by atoms with Gasteiger partial charge in [0.1, 0.15) is 5.84 Å². The van der Waals surface area contributed by atoms with Crippen LogP contribution in [0.1, 0.15) is 58.2 Å². The van der Waals surface area contributed by atoms with E-state index < -0.39 is 0 Å². The lowest BCUT2D eigenvalue weighted by Crippen LogP contribution is -2.19. The molecule has 0 bridgehead atoms. The Bertz CT molecular complexity index is 987. The van der Waals surface area contributed by atoms with Crippen LogP contribution >= 0.6 is 0 Å². The van der Waals surface area contributed by atoms with Gasteiger partial charge in [-0.2, -0.15) is 0 Å². The van der Waals surface area contributed by atoms with Gasteiger partial charge >= 0.3 is 0 Å². The molecule has 0 fully saturated rings. The van der Waals surface area contributed by atoms with Crippen LogP contribution in [0.3, 0.4) is 0 Å². The van der Waals surface area contributed by atoms with Crippen molar-refractivity contribution in [3.8, 4) is 0 Å². The molecule has 0 amide bonds. The molecule has 0 saturated heterocycles. The molecule has 1 N–H and O–H groups in total. The molecule has 0 spiro atoms. The number of hydrogen-bond donors (Lipinski definition) is 1. The largest absolute Gasteiger partial charge is 0.339 e.